The van der Waals surface area contributed by atoms with Crippen molar-refractivity contribution in [1.82, 2.24) is 19.9 Å². The summed E-state index contributed by atoms with van der Waals surface area (Å²) in [5.41, 5.74) is 3.62. The van der Waals surface area contributed by atoms with E-state index in [1.54, 1.807) is 18.1 Å². The molecule has 0 spiro atoms. The van der Waals surface area contributed by atoms with Gasteiger partial charge in [0.2, 0.25) is 0 Å². The van der Waals surface area contributed by atoms with Gasteiger partial charge in [-0.2, -0.15) is 0 Å². The van der Waals surface area contributed by atoms with Crippen molar-refractivity contribution in [2.45, 2.75) is 19.0 Å². The van der Waals surface area contributed by atoms with Crippen LogP contribution in [0.15, 0.2) is 60.8 Å². The van der Waals surface area contributed by atoms with Gasteiger partial charge in [0, 0.05) is 43.8 Å². The maximum atomic E-state index is 12.4. The molecule has 0 aliphatic carbocycles. The number of rotatable bonds is 9. The van der Waals surface area contributed by atoms with E-state index in [1.807, 2.05) is 36.6 Å². The highest BCUT2D eigenvalue weighted by molar-refractivity contribution is 7.96. The third kappa shape index (κ3) is 5.76. The Morgan fingerprint density at radius 1 is 1.16 bits per heavy atom. The summed E-state index contributed by atoms with van der Waals surface area (Å²) in [5, 5.41) is 4.00. The van der Waals surface area contributed by atoms with E-state index in [0.29, 0.717) is 12.3 Å². The second-order valence-corrected chi connectivity index (χ2v) is 8.34. The summed E-state index contributed by atoms with van der Waals surface area (Å²) in [7, 11) is 0. The number of carbonyl (C=O) groups excluding carboxylic acids is 1. The second kappa shape index (κ2) is 10.6. The average Bonchev–Trinajstić information content (AvgIpc) is 2.81. The van der Waals surface area contributed by atoms with Crippen molar-refractivity contribution in [3.63, 3.8) is 0 Å². The van der Waals surface area contributed by atoms with E-state index < -0.39 is 0 Å². The second-order valence-electron chi connectivity index (χ2n) is 7.70. The lowest BCUT2D eigenvalue weighted by Gasteiger charge is -2.32. The standard InChI is InChI=1S/C24H28N4O2S/c1-31-27-21(16-28-13-11-18-6-2-3-7-20(18)15-28)14-26-23(29)17-30-22-10-4-8-19-9-5-12-25-24(19)22/h2-10,12,21,27H,11,13-17H2,1H3,(H,26,29). The third-order valence-corrected chi connectivity index (χ3v) is 6.04. The summed E-state index contributed by atoms with van der Waals surface area (Å²) in [5.74, 6) is 0.490. The number of amides is 1. The minimum Gasteiger partial charge on any atom is -0.481 e. The van der Waals surface area contributed by atoms with Gasteiger partial charge in [-0.25, -0.2) is 0 Å². The molecule has 0 saturated carbocycles. The minimum atomic E-state index is -0.134. The van der Waals surface area contributed by atoms with E-state index in [2.05, 4.69) is 44.2 Å². The van der Waals surface area contributed by atoms with Crippen molar-refractivity contribution in [3.8, 4) is 5.75 Å². The SMILES string of the molecule is CSNC(CNC(=O)COc1cccc2cccnc12)CN1CCc2ccccc2C1. The van der Waals surface area contributed by atoms with Crippen molar-refractivity contribution in [1.29, 1.82) is 0 Å². The fourth-order valence-corrected chi connectivity index (χ4v) is 4.45. The van der Waals surface area contributed by atoms with Crippen molar-refractivity contribution in [2.75, 3.05) is 32.5 Å². The number of nitrogens with zero attached hydrogens (tertiary/aromatic N) is 2. The van der Waals surface area contributed by atoms with Gasteiger partial charge in [-0.05, 0) is 35.9 Å². The van der Waals surface area contributed by atoms with Crippen LogP contribution in [0.25, 0.3) is 10.9 Å². The molecule has 1 unspecified atom stereocenters. The summed E-state index contributed by atoms with van der Waals surface area (Å²) in [4.78, 5) is 19.2. The molecule has 1 atom stereocenters. The van der Waals surface area contributed by atoms with Gasteiger partial charge in [0.05, 0.1) is 0 Å². The Morgan fingerprint density at radius 3 is 2.87 bits per heavy atom. The van der Waals surface area contributed by atoms with Crippen LogP contribution in [0.1, 0.15) is 11.1 Å². The predicted octanol–water partition coefficient (Wildman–Crippen LogP) is 3.02. The minimum absolute atomic E-state index is 0.0290. The summed E-state index contributed by atoms with van der Waals surface area (Å²) in [6.45, 7) is 3.39. The molecule has 162 valence electrons. The van der Waals surface area contributed by atoms with Gasteiger partial charge in [0.1, 0.15) is 11.3 Å². The van der Waals surface area contributed by atoms with Crippen molar-refractivity contribution in [2.24, 2.45) is 0 Å². The molecule has 0 bridgehead atoms. The number of benzene rings is 2. The first-order valence-electron chi connectivity index (χ1n) is 10.5. The van der Waals surface area contributed by atoms with Crippen LogP contribution in [0.4, 0.5) is 0 Å². The third-order valence-electron chi connectivity index (χ3n) is 5.47. The van der Waals surface area contributed by atoms with Crippen molar-refractivity contribution in [3.05, 3.63) is 71.9 Å². The number of hydrogen-bond acceptors (Lipinski definition) is 6. The molecular weight excluding hydrogens is 408 g/mol. The lowest BCUT2D eigenvalue weighted by molar-refractivity contribution is -0.123. The van der Waals surface area contributed by atoms with E-state index >= 15 is 0 Å². The summed E-state index contributed by atoms with van der Waals surface area (Å²) in [6.07, 6.45) is 4.81. The van der Waals surface area contributed by atoms with Gasteiger partial charge in [-0.1, -0.05) is 54.4 Å². The van der Waals surface area contributed by atoms with Crippen LogP contribution in [0.5, 0.6) is 5.75 Å². The summed E-state index contributed by atoms with van der Waals surface area (Å²) >= 11 is 1.58. The molecule has 2 heterocycles. The smallest absolute Gasteiger partial charge is 0.257 e. The van der Waals surface area contributed by atoms with E-state index in [1.165, 1.54) is 11.1 Å². The number of pyridine rings is 1. The largest absolute Gasteiger partial charge is 0.481 e. The van der Waals surface area contributed by atoms with E-state index in [9.17, 15) is 4.79 Å². The zero-order chi connectivity index (χ0) is 21.5. The lowest BCUT2D eigenvalue weighted by atomic mass is 9.99. The molecule has 0 saturated heterocycles. The quantitative estimate of drug-likeness (QED) is 0.503. The Balaban J connectivity index is 1.27. The predicted molar refractivity (Wildman–Crippen MR) is 126 cm³/mol. The summed E-state index contributed by atoms with van der Waals surface area (Å²) < 4.78 is 9.17. The van der Waals surface area contributed by atoms with E-state index in [0.717, 1.165) is 37.0 Å². The molecule has 2 aromatic carbocycles. The number of nitrogens with one attached hydrogen (secondary N) is 2. The number of para-hydroxylation sites is 1. The van der Waals surface area contributed by atoms with Crippen LogP contribution in [0.2, 0.25) is 0 Å². The highest BCUT2D eigenvalue weighted by atomic mass is 32.2. The van der Waals surface area contributed by atoms with Crippen LogP contribution in [-0.4, -0.2) is 54.3 Å². The van der Waals surface area contributed by atoms with Crippen LogP contribution in [-0.2, 0) is 17.8 Å². The van der Waals surface area contributed by atoms with Gasteiger partial charge in [-0.3, -0.25) is 19.4 Å². The maximum Gasteiger partial charge on any atom is 0.257 e. The molecule has 0 radical (unpaired) electrons. The molecule has 1 aliphatic heterocycles. The molecule has 1 aromatic heterocycles. The highest BCUT2D eigenvalue weighted by Gasteiger charge is 2.20. The molecule has 31 heavy (non-hydrogen) atoms. The molecule has 1 amide bonds. The van der Waals surface area contributed by atoms with Crippen molar-refractivity contribution >= 4 is 28.8 Å². The fourth-order valence-electron chi connectivity index (χ4n) is 3.96. The van der Waals surface area contributed by atoms with Gasteiger partial charge in [0.15, 0.2) is 6.61 Å². The topological polar surface area (TPSA) is 66.5 Å². The van der Waals surface area contributed by atoms with Gasteiger partial charge in [0.25, 0.3) is 5.91 Å². The van der Waals surface area contributed by atoms with E-state index in [-0.39, 0.29) is 18.6 Å². The monoisotopic (exact) mass is 436 g/mol. The van der Waals surface area contributed by atoms with Crippen LogP contribution in [0.3, 0.4) is 0 Å². The zero-order valence-corrected chi connectivity index (χ0v) is 18.5. The summed E-state index contributed by atoms with van der Waals surface area (Å²) in [6, 6.07) is 18.4. The highest BCUT2D eigenvalue weighted by Crippen LogP contribution is 2.22. The Bertz CT molecular complexity index is 1020. The maximum absolute atomic E-state index is 12.4. The van der Waals surface area contributed by atoms with Crippen LogP contribution >= 0.6 is 11.9 Å². The molecule has 1 aliphatic rings. The molecule has 4 rings (SSSR count). The number of fused-ring (bicyclic) bond motifs is 2. The normalized spacial score (nSPS) is 14.7. The van der Waals surface area contributed by atoms with Crippen LogP contribution in [0, 0.1) is 0 Å². The first kappa shape index (κ1) is 21.6. The first-order chi connectivity index (χ1) is 15.2. The van der Waals surface area contributed by atoms with Gasteiger partial charge < -0.3 is 10.1 Å². The number of ether oxygens (including phenoxy) is 1. The Labute approximate surface area is 187 Å². The van der Waals surface area contributed by atoms with Crippen molar-refractivity contribution < 1.29 is 9.53 Å². The van der Waals surface area contributed by atoms with Gasteiger partial charge >= 0.3 is 0 Å². The zero-order valence-electron chi connectivity index (χ0n) is 17.7. The molecule has 7 heteroatoms. The molecule has 0 fully saturated rings. The lowest BCUT2D eigenvalue weighted by Crippen LogP contribution is -2.47. The van der Waals surface area contributed by atoms with E-state index in [4.69, 9.17) is 4.74 Å². The van der Waals surface area contributed by atoms with Gasteiger partial charge in [-0.15, -0.1) is 0 Å². The Kier molecular flexibility index (Phi) is 7.40. The molecule has 3 aromatic rings. The Morgan fingerprint density at radius 2 is 2.00 bits per heavy atom. The number of hydrogen-bond donors (Lipinski definition) is 2. The molecule has 2 N–H and O–H groups in total. The molecule has 6 nitrogen and oxygen atoms in total. The number of carbonyl (C=O) groups is 1. The Hall–Kier alpha value is -2.61. The fraction of sp³-hybridized carbons (Fsp3) is 0.333. The first-order valence-corrected chi connectivity index (χ1v) is 11.8. The van der Waals surface area contributed by atoms with Crippen LogP contribution < -0.4 is 14.8 Å². The average molecular weight is 437 g/mol. The number of aromatic nitrogens is 1. The molecular formula is C24H28N4O2S.